The number of rotatable bonds is 2. The smallest absolute Gasteiger partial charge is 0.190 e. The van der Waals surface area contributed by atoms with Gasteiger partial charge < -0.3 is 10.2 Å². The summed E-state index contributed by atoms with van der Waals surface area (Å²) >= 11 is 0. The highest BCUT2D eigenvalue weighted by Gasteiger charge is 2.69. The Morgan fingerprint density at radius 1 is 1.30 bits per heavy atom. The summed E-state index contributed by atoms with van der Waals surface area (Å²) in [7, 11) is 0. The van der Waals surface area contributed by atoms with E-state index in [1.54, 1.807) is 6.92 Å². The van der Waals surface area contributed by atoms with E-state index in [1.165, 1.54) is 6.08 Å². The van der Waals surface area contributed by atoms with Crippen molar-refractivity contribution in [3.63, 3.8) is 0 Å². The Kier molecular flexibility index (Phi) is 4.07. The van der Waals surface area contributed by atoms with E-state index in [0.29, 0.717) is 24.8 Å². The Labute approximate surface area is 158 Å². The molecule has 3 fully saturated rings. The number of carbonyl (C=O) groups is 3. The van der Waals surface area contributed by atoms with Gasteiger partial charge in [0.15, 0.2) is 11.6 Å². The summed E-state index contributed by atoms with van der Waals surface area (Å²) in [6.45, 7) is 2.88. The number of alkyl halides is 1. The lowest BCUT2D eigenvalue weighted by Crippen LogP contribution is -2.62. The maximum atomic E-state index is 15.1. The van der Waals surface area contributed by atoms with E-state index in [9.17, 15) is 24.6 Å². The van der Waals surface area contributed by atoms with Crippen LogP contribution in [-0.2, 0) is 14.4 Å². The molecule has 0 aromatic rings. The first-order chi connectivity index (χ1) is 12.6. The Morgan fingerprint density at radius 3 is 2.67 bits per heavy atom. The summed E-state index contributed by atoms with van der Waals surface area (Å²) in [5.41, 5.74) is -2.93. The fourth-order valence-electron chi connectivity index (χ4n) is 6.99. The van der Waals surface area contributed by atoms with Gasteiger partial charge in [-0.25, -0.2) is 4.39 Å². The van der Waals surface area contributed by atoms with Gasteiger partial charge in [-0.2, -0.15) is 0 Å². The molecule has 4 aliphatic rings. The van der Waals surface area contributed by atoms with Crippen molar-refractivity contribution < 1.29 is 29.0 Å². The van der Waals surface area contributed by atoms with Crippen molar-refractivity contribution in [2.75, 3.05) is 6.61 Å². The zero-order valence-electron chi connectivity index (χ0n) is 15.8. The van der Waals surface area contributed by atoms with E-state index in [0.717, 1.165) is 0 Å². The average molecular weight is 378 g/mol. The predicted octanol–water partition coefficient (Wildman–Crippen LogP) is 1.94. The number of hydrogen-bond acceptors (Lipinski definition) is 5. The molecular formula is C21H27FO5. The molecule has 0 radical (unpaired) electrons. The first-order valence-electron chi connectivity index (χ1n) is 9.87. The molecule has 3 saturated carbocycles. The lowest BCUT2D eigenvalue weighted by molar-refractivity contribution is -0.171. The molecule has 6 heteroatoms. The fraction of sp³-hybridized carbons (Fsp3) is 0.762. The minimum absolute atomic E-state index is 0.0504. The van der Waals surface area contributed by atoms with E-state index in [4.69, 9.17) is 0 Å². The first-order valence-corrected chi connectivity index (χ1v) is 9.87. The average Bonchev–Trinajstić information content (AvgIpc) is 2.87. The molecular weight excluding hydrogens is 351 g/mol. The van der Waals surface area contributed by atoms with Crippen molar-refractivity contribution >= 4 is 17.3 Å². The van der Waals surface area contributed by atoms with E-state index in [-0.39, 0.29) is 48.6 Å². The van der Waals surface area contributed by atoms with Crippen LogP contribution in [0, 0.1) is 28.6 Å². The van der Waals surface area contributed by atoms with Crippen LogP contribution in [0.1, 0.15) is 52.4 Å². The first kappa shape index (κ1) is 18.9. The Hall–Kier alpha value is -1.40. The van der Waals surface area contributed by atoms with Crippen molar-refractivity contribution in [2.24, 2.45) is 28.6 Å². The maximum absolute atomic E-state index is 15.1. The highest BCUT2D eigenvalue weighted by Crippen LogP contribution is 2.66. The summed E-state index contributed by atoms with van der Waals surface area (Å²) in [6.07, 6.45) is 1.84. The third-order valence-corrected chi connectivity index (χ3v) is 8.39. The van der Waals surface area contributed by atoms with Crippen LogP contribution in [0.15, 0.2) is 11.6 Å². The topological polar surface area (TPSA) is 91.7 Å². The second kappa shape index (κ2) is 5.80. The molecule has 0 aliphatic heterocycles. The van der Waals surface area contributed by atoms with Gasteiger partial charge in [-0.1, -0.05) is 13.8 Å². The molecule has 0 heterocycles. The quantitative estimate of drug-likeness (QED) is 0.766. The van der Waals surface area contributed by atoms with Gasteiger partial charge in [0.2, 0.25) is 0 Å². The molecule has 0 bridgehead atoms. The van der Waals surface area contributed by atoms with Crippen LogP contribution < -0.4 is 0 Å². The summed E-state index contributed by atoms with van der Waals surface area (Å²) in [4.78, 5) is 37.5. The highest BCUT2D eigenvalue weighted by atomic mass is 19.1. The number of ketones is 3. The summed E-state index contributed by atoms with van der Waals surface area (Å²) in [5.74, 6) is -1.59. The van der Waals surface area contributed by atoms with E-state index >= 15 is 4.39 Å². The third-order valence-electron chi connectivity index (χ3n) is 8.39. The standard InChI is InChI=1S/C21H27FO5/c1-19-5-3-11(24)7-14(19)15(22)8-12-13-4-6-21(27,17(26)10-23)20(13,2)9-16(25)18(12)19/h7,12-13,15,18,23,27H,3-6,8-10H2,1-2H3/t12-,13-,15?,18+,19-,20-,21-/m0/s1. The number of carbonyl (C=O) groups excluding carboxylic acids is 3. The lowest BCUT2D eigenvalue weighted by Gasteiger charge is -2.58. The van der Waals surface area contributed by atoms with E-state index < -0.39 is 35.0 Å². The van der Waals surface area contributed by atoms with Crippen molar-refractivity contribution in [1.82, 2.24) is 0 Å². The van der Waals surface area contributed by atoms with Crippen molar-refractivity contribution in [3.05, 3.63) is 11.6 Å². The molecule has 0 aromatic carbocycles. The van der Waals surface area contributed by atoms with Crippen LogP contribution in [0.4, 0.5) is 4.39 Å². The van der Waals surface area contributed by atoms with Crippen molar-refractivity contribution in [3.8, 4) is 0 Å². The third kappa shape index (κ3) is 2.26. The Balaban J connectivity index is 1.78. The van der Waals surface area contributed by atoms with Gasteiger partial charge in [-0.05, 0) is 49.2 Å². The largest absolute Gasteiger partial charge is 0.388 e. The van der Waals surface area contributed by atoms with Gasteiger partial charge in [0.25, 0.3) is 0 Å². The Bertz CT molecular complexity index is 760. The maximum Gasteiger partial charge on any atom is 0.190 e. The van der Waals surface area contributed by atoms with Crippen LogP contribution in [0.5, 0.6) is 0 Å². The van der Waals surface area contributed by atoms with Crippen LogP contribution >= 0.6 is 0 Å². The van der Waals surface area contributed by atoms with Gasteiger partial charge in [0, 0.05) is 29.6 Å². The number of Topliss-reactive ketones (excluding diaryl/α,β-unsaturated/α-hetero) is 2. The molecule has 7 atom stereocenters. The second-order valence-electron chi connectivity index (χ2n) is 9.48. The SMILES string of the molecule is C[C@]12CCC(=O)C=C1C(F)C[C@@H]1[C@@H]2C(=O)C[C@@]2(C)[C@H]1CC[C@]2(O)C(=O)CO. The molecule has 4 aliphatic carbocycles. The van der Waals surface area contributed by atoms with Crippen molar-refractivity contribution in [2.45, 2.75) is 64.1 Å². The highest BCUT2D eigenvalue weighted by molar-refractivity contribution is 5.94. The monoisotopic (exact) mass is 378 g/mol. The normalized spacial score (nSPS) is 49.1. The van der Waals surface area contributed by atoms with Gasteiger partial charge in [-0.3, -0.25) is 14.4 Å². The number of halogens is 1. The van der Waals surface area contributed by atoms with Crippen LogP contribution in [0.25, 0.3) is 0 Å². The number of fused-ring (bicyclic) bond motifs is 5. The molecule has 148 valence electrons. The van der Waals surface area contributed by atoms with Crippen LogP contribution in [0.3, 0.4) is 0 Å². The van der Waals surface area contributed by atoms with Crippen molar-refractivity contribution in [1.29, 1.82) is 0 Å². The van der Waals surface area contributed by atoms with Gasteiger partial charge in [-0.15, -0.1) is 0 Å². The molecule has 4 rings (SSSR count). The minimum Gasteiger partial charge on any atom is -0.388 e. The van der Waals surface area contributed by atoms with Gasteiger partial charge >= 0.3 is 0 Å². The zero-order chi connectivity index (χ0) is 19.8. The molecule has 0 aromatic heterocycles. The number of allylic oxidation sites excluding steroid dienone is 1. The number of aliphatic hydroxyl groups is 2. The minimum atomic E-state index is -1.74. The van der Waals surface area contributed by atoms with Gasteiger partial charge in [0.1, 0.15) is 24.2 Å². The molecule has 2 N–H and O–H groups in total. The summed E-state index contributed by atoms with van der Waals surface area (Å²) in [5, 5.41) is 20.4. The van der Waals surface area contributed by atoms with Gasteiger partial charge in [0.05, 0.1) is 0 Å². The molecule has 5 nitrogen and oxygen atoms in total. The fourth-order valence-corrected chi connectivity index (χ4v) is 6.99. The van der Waals surface area contributed by atoms with Crippen LogP contribution in [0.2, 0.25) is 0 Å². The van der Waals surface area contributed by atoms with Crippen LogP contribution in [-0.4, -0.2) is 45.9 Å². The molecule has 27 heavy (non-hydrogen) atoms. The number of hydrogen-bond donors (Lipinski definition) is 2. The second-order valence-corrected chi connectivity index (χ2v) is 9.48. The summed E-state index contributed by atoms with van der Waals surface area (Å²) in [6, 6.07) is 0. The Morgan fingerprint density at radius 2 is 2.00 bits per heavy atom. The van der Waals surface area contributed by atoms with E-state index in [2.05, 4.69) is 0 Å². The molecule has 0 saturated heterocycles. The zero-order valence-corrected chi connectivity index (χ0v) is 15.8. The van der Waals surface area contributed by atoms with E-state index in [1.807, 2.05) is 6.92 Å². The molecule has 0 spiro atoms. The molecule has 0 amide bonds. The lowest BCUT2D eigenvalue weighted by atomic mass is 9.45. The predicted molar refractivity (Wildman–Crippen MR) is 94.4 cm³/mol. The summed E-state index contributed by atoms with van der Waals surface area (Å²) < 4.78 is 15.1. The molecule has 1 unspecified atom stereocenters. The number of aliphatic hydroxyl groups excluding tert-OH is 1.